The Hall–Kier alpha value is -1.56. The van der Waals surface area contributed by atoms with Crippen molar-refractivity contribution in [2.45, 2.75) is 34.1 Å². The Bertz CT molecular complexity index is 473. The van der Waals surface area contributed by atoms with Crippen molar-refractivity contribution in [2.75, 3.05) is 0 Å². The maximum absolute atomic E-state index is 4.06. The fraction of sp³-hybridized carbons (Fsp3) is 0.294. The van der Waals surface area contributed by atoms with Gasteiger partial charge in [0.1, 0.15) is 0 Å². The van der Waals surface area contributed by atoms with Crippen molar-refractivity contribution in [3.05, 3.63) is 53.1 Å². The van der Waals surface area contributed by atoms with Crippen molar-refractivity contribution < 1.29 is 0 Å². The largest absolute Gasteiger partial charge is 0.0984 e. The molecule has 0 fully saturated rings. The van der Waals surface area contributed by atoms with Crippen LogP contribution in [0.15, 0.2) is 25.3 Å². The molecule has 1 aromatic carbocycles. The number of hydrogen-bond acceptors (Lipinski definition) is 0. The van der Waals surface area contributed by atoms with Gasteiger partial charge in [-0.3, -0.25) is 0 Å². The zero-order valence-electron chi connectivity index (χ0n) is 11.4. The van der Waals surface area contributed by atoms with Crippen molar-refractivity contribution in [3.63, 3.8) is 0 Å². The Morgan fingerprint density at radius 1 is 1.41 bits per heavy atom. The second kappa shape index (κ2) is 5.67. The van der Waals surface area contributed by atoms with Gasteiger partial charge in [-0.2, -0.15) is 0 Å². The summed E-state index contributed by atoms with van der Waals surface area (Å²) in [6, 6.07) is 2.24. The van der Waals surface area contributed by atoms with Crippen molar-refractivity contribution in [1.82, 2.24) is 0 Å². The summed E-state index contributed by atoms with van der Waals surface area (Å²) in [5.74, 6) is 0. The zero-order valence-corrected chi connectivity index (χ0v) is 11.4. The van der Waals surface area contributed by atoms with Crippen LogP contribution in [0.2, 0.25) is 0 Å². The van der Waals surface area contributed by atoms with Crippen LogP contribution in [0.25, 0.3) is 17.7 Å². The van der Waals surface area contributed by atoms with E-state index < -0.39 is 0 Å². The summed E-state index contributed by atoms with van der Waals surface area (Å²) in [6.45, 7) is 16.5. The normalized spacial score (nSPS) is 10.8. The van der Waals surface area contributed by atoms with Gasteiger partial charge in [-0.05, 0) is 61.1 Å². The fourth-order valence-electron chi connectivity index (χ4n) is 2.32. The van der Waals surface area contributed by atoms with E-state index in [1.807, 2.05) is 13.0 Å². The first-order chi connectivity index (χ1) is 8.06. The van der Waals surface area contributed by atoms with Crippen molar-refractivity contribution in [2.24, 2.45) is 0 Å². The molecule has 0 heterocycles. The highest BCUT2D eigenvalue weighted by Gasteiger charge is 2.11. The van der Waals surface area contributed by atoms with E-state index >= 15 is 0 Å². The predicted molar refractivity (Wildman–Crippen MR) is 80.1 cm³/mol. The molecule has 0 radical (unpaired) electrons. The predicted octanol–water partition coefficient (Wildman–Crippen LogP) is 5.27. The maximum Gasteiger partial charge on any atom is -0.0189 e. The van der Waals surface area contributed by atoms with E-state index in [0.29, 0.717) is 0 Å². The van der Waals surface area contributed by atoms with Gasteiger partial charge in [0, 0.05) is 0 Å². The lowest BCUT2D eigenvalue weighted by Gasteiger charge is -2.16. The first kappa shape index (κ1) is 13.5. The highest BCUT2D eigenvalue weighted by molar-refractivity contribution is 5.75. The molecule has 0 saturated heterocycles. The molecular weight excluding hydrogens is 204 g/mol. The molecule has 0 spiro atoms. The molecule has 0 bridgehead atoms. The van der Waals surface area contributed by atoms with Crippen molar-refractivity contribution >= 4 is 17.7 Å². The second-order valence-corrected chi connectivity index (χ2v) is 4.37. The molecule has 0 nitrogen and oxygen atoms in total. The fourth-order valence-corrected chi connectivity index (χ4v) is 2.32. The molecule has 0 aliphatic carbocycles. The first-order valence-electron chi connectivity index (χ1n) is 6.14. The average Bonchev–Trinajstić information content (AvgIpc) is 2.30. The summed E-state index contributed by atoms with van der Waals surface area (Å²) >= 11 is 0. The molecule has 0 N–H and O–H groups in total. The molecule has 90 valence electrons. The van der Waals surface area contributed by atoms with Crippen LogP contribution in [0.1, 0.15) is 48.6 Å². The van der Waals surface area contributed by atoms with Crippen LogP contribution in [0.4, 0.5) is 0 Å². The molecule has 0 aliphatic rings. The molecule has 0 aromatic heterocycles. The van der Waals surface area contributed by atoms with Gasteiger partial charge in [0.15, 0.2) is 0 Å². The Labute approximate surface area is 105 Å². The third-order valence-corrected chi connectivity index (χ3v) is 3.15. The summed E-state index contributed by atoms with van der Waals surface area (Å²) in [7, 11) is 0. The standard InChI is InChI=1S/C17H22/c1-7-10-14-11-17(12(4)5)13(6)15(8-2)16(14)9-3/h7-8,10-11H,2,4,9H2,1,3,5-6H3. The van der Waals surface area contributed by atoms with E-state index in [-0.39, 0.29) is 0 Å². The van der Waals surface area contributed by atoms with E-state index in [2.05, 4.69) is 52.1 Å². The van der Waals surface area contributed by atoms with Gasteiger partial charge in [-0.25, -0.2) is 0 Å². The highest BCUT2D eigenvalue weighted by atomic mass is 14.2. The zero-order chi connectivity index (χ0) is 13.0. The smallest absolute Gasteiger partial charge is 0.0189 e. The summed E-state index contributed by atoms with van der Waals surface area (Å²) in [6.07, 6.45) is 7.24. The van der Waals surface area contributed by atoms with Crippen molar-refractivity contribution in [1.29, 1.82) is 0 Å². The van der Waals surface area contributed by atoms with Crippen LogP contribution in [-0.2, 0) is 6.42 Å². The van der Waals surface area contributed by atoms with Gasteiger partial charge < -0.3 is 0 Å². The number of rotatable bonds is 4. The molecule has 0 amide bonds. The summed E-state index contributed by atoms with van der Waals surface area (Å²) in [4.78, 5) is 0. The average molecular weight is 226 g/mol. The first-order valence-corrected chi connectivity index (χ1v) is 6.14. The summed E-state index contributed by atoms with van der Waals surface area (Å²) in [5, 5.41) is 0. The van der Waals surface area contributed by atoms with E-state index in [1.165, 1.54) is 27.8 Å². The van der Waals surface area contributed by atoms with E-state index in [9.17, 15) is 0 Å². The highest BCUT2D eigenvalue weighted by Crippen LogP contribution is 2.29. The van der Waals surface area contributed by atoms with Crippen LogP contribution in [0, 0.1) is 6.92 Å². The van der Waals surface area contributed by atoms with Crippen LogP contribution in [-0.4, -0.2) is 0 Å². The van der Waals surface area contributed by atoms with E-state index in [0.717, 1.165) is 12.0 Å². The van der Waals surface area contributed by atoms with Crippen LogP contribution < -0.4 is 0 Å². The van der Waals surface area contributed by atoms with E-state index in [4.69, 9.17) is 0 Å². The molecule has 1 aromatic rings. The van der Waals surface area contributed by atoms with Crippen molar-refractivity contribution in [3.8, 4) is 0 Å². The van der Waals surface area contributed by atoms with Gasteiger partial charge in [-0.15, -0.1) is 0 Å². The summed E-state index contributed by atoms with van der Waals surface area (Å²) in [5.41, 5.74) is 7.57. The van der Waals surface area contributed by atoms with Gasteiger partial charge in [0.2, 0.25) is 0 Å². The molecule has 0 saturated carbocycles. The number of allylic oxidation sites excluding steroid dienone is 2. The SMILES string of the molecule is C=Cc1c(C)c(C(=C)C)cc(C=CC)c1CC. The van der Waals surface area contributed by atoms with E-state index in [1.54, 1.807) is 0 Å². The molecule has 1 rings (SSSR count). The molecule has 0 unspecified atom stereocenters. The third-order valence-electron chi connectivity index (χ3n) is 3.15. The molecule has 0 aliphatic heterocycles. The van der Waals surface area contributed by atoms with Crippen LogP contribution in [0.3, 0.4) is 0 Å². The molecule has 0 heteroatoms. The lowest BCUT2D eigenvalue weighted by atomic mass is 9.88. The Kier molecular flexibility index (Phi) is 4.51. The number of benzene rings is 1. The second-order valence-electron chi connectivity index (χ2n) is 4.37. The minimum atomic E-state index is 1.03. The molecule has 0 atom stereocenters. The minimum absolute atomic E-state index is 1.03. The Balaban J connectivity index is 3.66. The van der Waals surface area contributed by atoms with Gasteiger partial charge >= 0.3 is 0 Å². The lowest BCUT2D eigenvalue weighted by Crippen LogP contribution is -1.99. The monoisotopic (exact) mass is 226 g/mol. The maximum atomic E-state index is 4.06. The molecular formula is C17H22. The van der Waals surface area contributed by atoms with Crippen LogP contribution >= 0.6 is 0 Å². The van der Waals surface area contributed by atoms with Crippen LogP contribution in [0.5, 0.6) is 0 Å². The topological polar surface area (TPSA) is 0 Å². The Morgan fingerprint density at radius 2 is 2.06 bits per heavy atom. The quantitative estimate of drug-likeness (QED) is 0.656. The summed E-state index contributed by atoms with van der Waals surface area (Å²) < 4.78 is 0. The van der Waals surface area contributed by atoms with Gasteiger partial charge in [-0.1, -0.05) is 43.9 Å². The lowest BCUT2D eigenvalue weighted by molar-refractivity contribution is 1.11. The third kappa shape index (κ3) is 2.58. The Morgan fingerprint density at radius 3 is 2.47 bits per heavy atom. The molecule has 17 heavy (non-hydrogen) atoms. The van der Waals surface area contributed by atoms with Gasteiger partial charge in [0.25, 0.3) is 0 Å². The van der Waals surface area contributed by atoms with Gasteiger partial charge in [0.05, 0.1) is 0 Å². The number of hydrogen-bond donors (Lipinski definition) is 0. The minimum Gasteiger partial charge on any atom is -0.0984 e.